The first-order valence-corrected chi connectivity index (χ1v) is 5.76. The van der Waals surface area contributed by atoms with E-state index in [-0.39, 0.29) is 11.6 Å². The molecular formula is C11H22N2O2. The van der Waals surface area contributed by atoms with Crippen molar-refractivity contribution in [3.63, 3.8) is 0 Å². The van der Waals surface area contributed by atoms with Gasteiger partial charge < -0.3 is 15.0 Å². The molecule has 88 valence electrons. The molecule has 0 atom stereocenters. The van der Waals surface area contributed by atoms with Crippen molar-refractivity contribution >= 4 is 6.03 Å². The van der Waals surface area contributed by atoms with Crippen LogP contribution < -0.4 is 5.32 Å². The van der Waals surface area contributed by atoms with Gasteiger partial charge in [0.1, 0.15) is 0 Å². The number of ether oxygens (including phenoxy) is 1. The minimum atomic E-state index is -0.0854. The van der Waals surface area contributed by atoms with E-state index in [1.54, 1.807) is 4.90 Å². The lowest BCUT2D eigenvalue weighted by Crippen LogP contribution is -2.53. The summed E-state index contributed by atoms with van der Waals surface area (Å²) in [6.45, 7) is 9.09. The van der Waals surface area contributed by atoms with Gasteiger partial charge in [0.05, 0.1) is 0 Å². The molecular weight excluding hydrogens is 192 g/mol. The van der Waals surface area contributed by atoms with Crippen LogP contribution in [0.1, 0.15) is 33.6 Å². The maximum atomic E-state index is 11.9. The molecule has 0 aromatic carbocycles. The standard InChI is InChI=1S/C11H22N2O2/c1-4-13(5-2)10(14)12-11(3)6-8-15-9-7-11/h4-9H2,1-3H3,(H,12,14). The third-order valence-electron chi connectivity index (χ3n) is 3.06. The van der Waals surface area contributed by atoms with Gasteiger partial charge >= 0.3 is 6.03 Å². The molecule has 0 saturated carbocycles. The first kappa shape index (κ1) is 12.3. The van der Waals surface area contributed by atoms with Crippen LogP contribution in [0.3, 0.4) is 0 Å². The summed E-state index contributed by atoms with van der Waals surface area (Å²) in [7, 11) is 0. The highest BCUT2D eigenvalue weighted by Crippen LogP contribution is 2.19. The molecule has 1 fully saturated rings. The highest BCUT2D eigenvalue weighted by molar-refractivity contribution is 5.75. The van der Waals surface area contributed by atoms with Crippen LogP contribution in [0.15, 0.2) is 0 Å². The van der Waals surface area contributed by atoms with Gasteiger partial charge in [0.2, 0.25) is 0 Å². The van der Waals surface area contributed by atoms with E-state index in [2.05, 4.69) is 12.2 Å². The molecule has 1 heterocycles. The van der Waals surface area contributed by atoms with Crippen LogP contribution >= 0.6 is 0 Å². The molecule has 4 heteroatoms. The van der Waals surface area contributed by atoms with Crippen LogP contribution in [-0.4, -0.2) is 42.8 Å². The second-order valence-corrected chi connectivity index (χ2v) is 4.28. The molecule has 1 aliphatic heterocycles. The molecule has 1 saturated heterocycles. The number of carbonyl (C=O) groups excluding carboxylic acids is 1. The fraction of sp³-hybridized carbons (Fsp3) is 0.909. The summed E-state index contributed by atoms with van der Waals surface area (Å²) < 4.78 is 5.29. The summed E-state index contributed by atoms with van der Waals surface area (Å²) in [5.41, 5.74) is -0.0854. The predicted molar refractivity (Wildman–Crippen MR) is 59.9 cm³/mol. The number of nitrogens with zero attached hydrogens (tertiary/aromatic N) is 1. The maximum absolute atomic E-state index is 11.9. The van der Waals surface area contributed by atoms with Crippen molar-refractivity contribution in [2.24, 2.45) is 0 Å². The number of nitrogens with one attached hydrogen (secondary N) is 1. The van der Waals surface area contributed by atoms with E-state index in [0.717, 1.165) is 39.1 Å². The summed E-state index contributed by atoms with van der Waals surface area (Å²) >= 11 is 0. The predicted octanol–water partition coefficient (Wildman–Crippen LogP) is 1.61. The van der Waals surface area contributed by atoms with Gasteiger partial charge in [-0.3, -0.25) is 0 Å². The molecule has 0 radical (unpaired) electrons. The Bertz CT molecular complexity index is 209. The lowest BCUT2D eigenvalue weighted by molar-refractivity contribution is 0.0470. The highest BCUT2D eigenvalue weighted by atomic mass is 16.5. The van der Waals surface area contributed by atoms with E-state index in [0.29, 0.717) is 0 Å². The zero-order chi connectivity index (χ0) is 11.3. The van der Waals surface area contributed by atoms with Crippen LogP contribution in [0.25, 0.3) is 0 Å². The van der Waals surface area contributed by atoms with Crippen molar-refractivity contribution in [2.75, 3.05) is 26.3 Å². The van der Waals surface area contributed by atoms with Gasteiger partial charge in [0.15, 0.2) is 0 Å². The van der Waals surface area contributed by atoms with E-state index in [1.807, 2.05) is 13.8 Å². The molecule has 4 nitrogen and oxygen atoms in total. The fourth-order valence-corrected chi connectivity index (χ4v) is 1.79. The van der Waals surface area contributed by atoms with Gasteiger partial charge in [0.25, 0.3) is 0 Å². The Morgan fingerprint density at radius 1 is 1.33 bits per heavy atom. The van der Waals surface area contributed by atoms with E-state index in [1.165, 1.54) is 0 Å². The first-order chi connectivity index (χ1) is 7.11. The molecule has 0 aromatic rings. The third kappa shape index (κ3) is 3.38. The normalized spacial score (nSPS) is 19.7. The average molecular weight is 214 g/mol. The molecule has 0 unspecified atom stereocenters. The zero-order valence-electron chi connectivity index (χ0n) is 10.0. The van der Waals surface area contributed by atoms with Crippen LogP contribution in [0.2, 0.25) is 0 Å². The SMILES string of the molecule is CCN(CC)C(=O)NC1(C)CCOCC1. The van der Waals surface area contributed by atoms with Crippen LogP contribution in [0.5, 0.6) is 0 Å². The molecule has 1 rings (SSSR count). The van der Waals surface area contributed by atoms with Crippen LogP contribution in [0, 0.1) is 0 Å². The number of urea groups is 1. The van der Waals surface area contributed by atoms with Crippen molar-refractivity contribution in [3.05, 3.63) is 0 Å². The van der Waals surface area contributed by atoms with Crippen molar-refractivity contribution in [1.29, 1.82) is 0 Å². The number of amides is 2. The minimum Gasteiger partial charge on any atom is -0.381 e. The van der Waals surface area contributed by atoms with Crippen molar-refractivity contribution in [2.45, 2.75) is 39.2 Å². The first-order valence-electron chi connectivity index (χ1n) is 5.76. The van der Waals surface area contributed by atoms with Gasteiger partial charge in [-0.25, -0.2) is 4.79 Å². The summed E-state index contributed by atoms with van der Waals surface area (Å²) in [5.74, 6) is 0. The number of hydrogen-bond acceptors (Lipinski definition) is 2. The van der Waals surface area contributed by atoms with Crippen LogP contribution in [-0.2, 0) is 4.74 Å². The van der Waals surface area contributed by atoms with Gasteiger partial charge in [-0.05, 0) is 33.6 Å². The van der Waals surface area contributed by atoms with Crippen molar-refractivity contribution in [1.82, 2.24) is 10.2 Å². The minimum absolute atomic E-state index is 0.0457. The van der Waals surface area contributed by atoms with Gasteiger partial charge in [0, 0.05) is 31.8 Å². The van der Waals surface area contributed by atoms with E-state index in [4.69, 9.17) is 4.74 Å². The topological polar surface area (TPSA) is 41.6 Å². The van der Waals surface area contributed by atoms with Crippen molar-refractivity contribution < 1.29 is 9.53 Å². The Kier molecular flexibility index (Phi) is 4.39. The smallest absolute Gasteiger partial charge is 0.317 e. The summed E-state index contributed by atoms with van der Waals surface area (Å²) in [5, 5.41) is 3.10. The van der Waals surface area contributed by atoms with E-state index >= 15 is 0 Å². The highest BCUT2D eigenvalue weighted by Gasteiger charge is 2.29. The Labute approximate surface area is 92.0 Å². The third-order valence-corrected chi connectivity index (χ3v) is 3.06. The quantitative estimate of drug-likeness (QED) is 0.775. The Hall–Kier alpha value is -0.770. The number of carbonyl (C=O) groups is 1. The van der Waals surface area contributed by atoms with Crippen molar-refractivity contribution in [3.8, 4) is 0 Å². The van der Waals surface area contributed by atoms with Gasteiger partial charge in [-0.1, -0.05) is 0 Å². The molecule has 0 spiro atoms. The summed E-state index contributed by atoms with van der Waals surface area (Å²) in [6, 6.07) is 0.0457. The van der Waals surface area contributed by atoms with E-state index < -0.39 is 0 Å². The Balaban J connectivity index is 2.48. The Morgan fingerprint density at radius 3 is 2.33 bits per heavy atom. The second-order valence-electron chi connectivity index (χ2n) is 4.28. The zero-order valence-corrected chi connectivity index (χ0v) is 10.0. The number of rotatable bonds is 3. The molecule has 1 aliphatic rings. The molecule has 2 amide bonds. The molecule has 0 aromatic heterocycles. The lowest BCUT2D eigenvalue weighted by atomic mass is 9.93. The monoisotopic (exact) mass is 214 g/mol. The van der Waals surface area contributed by atoms with E-state index in [9.17, 15) is 4.79 Å². The van der Waals surface area contributed by atoms with Gasteiger partial charge in [-0.15, -0.1) is 0 Å². The average Bonchev–Trinajstić information content (AvgIpc) is 2.19. The molecule has 15 heavy (non-hydrogen) atoms. The fourth-order valence-electron chi connectivity index (χ4n) is 1.79. The summed E-state index contributed by atoms with van der Waals surface area (Å²) in [4.78, 5) is 13.7. The van der Waals surface area contributed by atoms with Gasteiger partial charge in [-0.2, -0.15) is 0 Å². The Morgan fingerprint density at radius 2 is 1.87 bits per heavy atom. The molecule has 0 bridgehead atoms. The number of hydrogen-bond donors (Lipinski definition) is 1. The maximum Gasteiger partial charge on any atom is 0.317 e. The molecule has 1 N–H and O–H groups in total. The molecule has 0 aliphatic carbocycles. The largest absolute Gasteiger partial charge is 0.381 e. The summed E-state index contributed by atoms with van der Waals surface area (Å²) in [6.07, 6.45) is 1.81. The second kappa shape index (κ2) is 5.35. The van der Waals surface area contributed by atoms with Crippen LogP contribution in [0.4, 0.5) is 4.79 Å². The lowest BCUT2D eigenvalue weighted by Gasteiger charge is -2.36.